The Hall–Kier alpha value is -4.06. The highest BCUT2D eigenvalue weighted by molar-refractivity contribution is 7.93. The van der Waals surface area contributed by atoms with Crippen molar-refractivity contribution in [1.29, 1.82) is 0 Å². The van der Waals surface area contributed by atoms with Gasteiger partial charge in [0.2, 0.25) is 0 Å². The van der Waals surface area contributed by atoms with E-state index in [4.69, 9.17) is 0 Å². The molecule has 0 amide bonds. The molecule has 0 radical (unpaired) electrons. The molecule has 0 aliphatic heterocycles. The average Bonchev–Trinajstić information content (AvgIpc) is 2.92. The molecule has 0 aliphatic rings. The monoisotopic (exact) mass is 648 g/mol. The van der Waals surface area contributed by atoms with E-state index in [-0.39, 0.29) is 32.3 Å². The van der Waals surface area contributed by atoms with Gasteiger partial charge < -0.3 is 9.11 Å². The van der Waals surface area contributed by atoms with E-state index in [1.165, 1.54) is 60.7 Å². The van der Waals surface area contributed by atoms with Crippen molar-refractivity contribution in [1.82, 2.24) is 0 Å². The van der Waals surface area contributed by atoms with E-state index < -0.39 is 50.1 Å². The molecule has 0 fully saturated rings. The molecule has 2 N–H and O–H groups in total. The molecule has 220 valence electrons. The van der Waals surface area contributed by atoms with Gasteiger partial charge in [0.1, 0.15) is 20.2 Å². The quantitative estimate of drug-likeness (QED) is 0.189. The van der Waals surface area contributed by atoms with Crippen LogP contribution in [-0.2, 0) is 40.3 Å². The minimum absolute atomic E-state index is 0.110. The van der Waals surface area contributed by atoms with Crippen LogP contribution in [0.25, 0.3) is 12.2 Å². The van der Waals surface area contributed by atoms with Gasteiger partial charge in [-0.05, 0) is 59.7 Å². The molecule has 0 spiro atoms. The lowest BCUT2D eigenvalue weighted by molar-refractivity contribution is 0.460. The zero-order valence-corrected chi connectivity index (χ0v) is 24.4. The van der Waals surface area contributed by atoms with Gasteiger partial charge in [0, 0.05) is 0 Å². The molecule has 4 aromatic rings. The van der Waals surface area contributed by atoms with Crippen LogP contribution in [0.3, 0.4) is 0 Å². The van der Waals surface area contributed by atoms with E-state index in [0.29, 0.717) is 0 Å². The Labute approximate surface area is 243 Å². The molecule has 0 unspecified atom stereocenters. The minimum Gasteiger partial charge on any atom is -0.744 e. The Morgan fingerprint density at radius 3 is 1.12 bits per heavy atom. The summed E-state index contributed by atoms with van der Waals surface area (Å²) in [5, 5.41) is 0. The summed E-state index contributed by atoms with van der Waals surface area (Å²) in [7, 11) is -18.6. The molecule has 4 rings (SSSR count). The molecule has 0 saturated carbocycles. The summed E-state index contributed by atoms with van der Waals surface area (Å²) in [6.45, 7) is 0. The Kier molecular flexibility index (Phi) is 8.58. The number of sulfonamides is 2. The molecular weight excluding hydrogens is 629 g/mol. The van der Waals surface area contributed by atoms with Crippen LogP contribution in [0.2, 0.25) is 0 Å². The number of nitrogens with one attached hydrogen (secondary N) is 2. The summed E-state index contributed by atoms with van der Waals surface area (Å²) >= 11 is 0. The summed E-state index contributed by atoms with van der Waals surface area (Å²) in [6, 6.07) is 20.6. The fraction of sp³-hybridized carbons (Fsp3) is 0. The second kappa shape index (κ2) is 11.7. The third kappa shape index (κ3) is 7.41. The van der Waals surface area contributed by atoms with Crippen LogP contribution in [0.5, 0.6) is 0 Å². The molecule has 0 aliphatic carbocycles. The SMILES string of the molecule is O=S(=O)([O-])c1cc(NS(=O)(=O)c2ccccc2)ccc1C=Cc1ccc(NS(=O)(=O)c2ccccc2)cc1S(=O)(=O)[O-]. The Balaban J connectivity index is 1.69. The summed E-state index contributed by atoms with van der Waals surface area (Å²) in [5.41, 5.74) is -0.946. The molecule has 42 heavy (non-hydrogen) atoms. The highest BCUT2D eigenvalue weighted by atomic mass is 32.2. The molecule has 0 saturated heterocycles. The summed E-state index contributed by atoms with van der Waals surface area (Å²) in [6.07, 6.45) is 2.08. The van der Waals surface area contributed by atoms with Crippen LogP contribution in [0.1, 0.15) is 11.1 Å². The van der Waals surface area contributed by atoms with Gasteiger partial charge in [0.05, 0.1) is 31.0 Å². The third-order valence-corrected chi connectivity index (χ3v) is 10.2. The lowest BCUT2D eigenvalue weighted by atomic mass is 10.1. The molecule has 12 nitrogen and oxygen atoms in total. The second-order valence-electron chi connectivity index (χ2n) is 8.58. The van der Waals surface area contributed by atoms with E-state index in [9.17, 15) is 42.8 Å². The fourth-order valence-corrected chi connectivity index (χ4v) is 7.24. The maximum Gasteiger partial charge on any atom is 0.261 e. The number of hydrogen-bond donors (Lipinski definition) is 2. The normalized spacial score (nSPS) is 12.7. The second-order valence-corrected chi connectivity index (χ2v) is 14.6. The van der Waals surface area contributed by atoms with Crippen molar-refractivity contribution in [3.05, 3.63) is 108 Å². The van der Waals surface area contributed by atoms with Gasteiger partial charge in [0.15, 0.2) is 0 Å². The van der Waals surface area contributed by atoms with Crippen molar-refractivity contribution in [3.63, 3.8) is 0 Å². The number of hydrogen-bond acceptors (Lipinski definition) is 10. The van der Waals surface area contributed by atoms with Crippen LogP contribution in [0.15, 0.2) is 117 Å². The van der Waals surface area contributed by atoms with E-state index in [2.05, 4.69) is 9.44 Å². The first-order chi connectivity index (χ1) is 19.6. The molecule has 0 heterocycles. The third-order valence-electron chi connectivity index (χ3n) is 5.62. The predicted octanol–water partition coefficient (Wildman–Crippen LogP) is 3.27. The first-order valence-corrected chi connectivity index (χ1v) is 17.4. The van der Waals surface area contributed by atoms with Gasteiger partial charge in [-0.1, -0.05) is 60.7 Å². The van der Waals surface area contributed by atoms with Gasteiger partial charge >= 0.3 is 0 Å². The van der Waals surface area contributed by atoms with Gasteiger partial charge in [-0.15, -0.1) is 0 Å². The van der Waals surface area contributed by atoms with Crippen LogP contribution >= 0.6 is 0 Å². The molecule has 0 atom stereocenters. The van der Waals surface area contributed by atoms with Crippen molar-refractivity contribution < 1.29 is 42.8 Å². The predicted molar refractivity (Wildman–Crippen MR) is 152 cm³/mol. The Morgan fingerprint density at radius 2 is 0.810 bits per heavy atom. The summed E-state index contributed by atoms with van der Waals surface area (Å²) in [5.74, 6) is 0. The van der Waals surface area contributed by atoms with Gasteiger partial charge in [-0.2, -0.15) is 0 Å². The summed E-state index contributed by atoms with van der Waals surface area (Å²) in [4.78, 5) is -1.88. The Morgan fingerprint density at radius 1 is 0.476 bits per heavy atom. The molecule has 0 bridgehead atoms. The molecule has 0 aromatic heterocycles. The summed E-state index contributed by atoms with van der Waals surface area (Å²) < 4.78 is 127. The topological polar surface area (TPSA) is 207 Å². The number of benzene rings is 4. The van der Waals surface area contributed by atoms with Crippen molar-refractivity contribution in [3.8, 4) is 0 Å². The zero-order valence-electron chi connectivity index (χ0n) is 21.1. The van der Waals surface area contributed by atoms with Gasteiger partial charge in [0.25, 0.3) is 20.0 Å². The number of anilines is 2. The van der Waals surface area contributed by atoms with Crippen LogP contribution in [-0.4, -0.2) is 42.8 Å². The highest BCUT2D eigenvalue weighted by Crippen LogP contribution is 2.28. The molecular formula is C26H20N2O10S4-2. The van der Waals surface area contributed by atoms with Crippen molar-refractivity contribution >= 4 is 63.8 Å². The van der Waals surface area contributed by atoms with Crippen LogP contribution in [0.4, 0.5) is 11.4 Å². The maximum atomic E-state index is 12.6. The first kappa shape index (κ1) is 30.9. The van der Waals surface area contributed by atoms with Crippen molar-refractivity contribution in [2.24, 2.45) is 0 Å². The maximum absolute atomic E-state index is 12.6. The Bertz CT molecular complexity index is 1950. The largest absolute Gasteiger partial charge is 0.744 e. The molecule has 4 aromatic carbocycles. The van der Waals surface area contributed by atoms with Crippen molar-refractivity contribution in [2.45, 2.75) is 19.6 Å². The fourth-order valence-electron chi connectivity index (χ4n) is 3.71. The lowest BCUT2D eigenvalue weighted by Gasteiger charge is -2.15. The van der Waals surface area contributed by atoms with Gasteiger partial charge in [-0.3, -0.25) is 9.44 Å². The smallest absolute Gasteiger partial charge is 0.261 e. The van der Waals surface area contributed by atoms with Crippen LogP contribution < -0.4 is 9.44 Å². The van der Waals surface area contributed by atoms with E-state index in [0.717, 1.165) is 36.4 Å². The van der Waals surface area contributed by atoms with E-state index in [1.807, 2.05) is 0 Å². The first-order valence-electron chi connectivity index (χ1n) is 11.6. The molecule has 16 heteroatoms. The van der Waals surface area contributed by atoms with Crippen molar-refractivity contribution in [2.75, 3.05) is 9.44 Å². The van der Waals surface area contributed by atoms with Crippen LogP contribution in [0, 0.1) is 0 Å². The van der Waals surface area contributed by atoms with E-state index >= 15 is 0 Å². The zero-order chi connectivity index (χ0) is 30.8. The standard InChI is InChI=1S/C26H22N2O10S4/c29-39(30,23-7-3-1-4-8-23)27-21-15-13-19(25(17-21)41(33,34)35)11-12-20-14-16-22(18-26(20)42(36,37)38)28-40(31,32)24-9-5-2-6-10-24/h1-18,27-28H,(H,33,34,35)(H,36,37,38)/p-2. The highest BCUT2D eigenvalue weighted by Gasteiger charge is 2.18. The van der Waals surface area contributed by atoms with Gasteiger partial charge in [-0.25, -0.2) is 33.7 Å². The van der Waals surface area contributed by atoms with E-state index in [1.54, 1.807) is 12.1 Å². The lowest BCUT2D eigenvalue weighted by Crippen LogP contribution is -2.13. The minimum atomic E-state index is -5.17. The number of rotatable bonds is 10. The average molecular weight is 649 g/mol.